The van der Waals surface area contributed by atoms with E-state index in [2.05, 4.69) is 13.8 Å². The highest BCUT2D eigenvalue weighted by Gasteiger charge is 2.44. The van der Waals surface area contributed by atoms with E-state index in [-0.39, 0.29) is 17.5 Å². The molecule has 74 valence electrons. The second-order valence-electron chi connectivity index (χ2n) is 4.49. The molecule has 0 amide bonds. The Morgan fingerprint density at radius 1 is 1.62 bits per heavy atom. The number of ether oxygens (including phenoxy) is 1. The van der Waals surface area contributed by atoms with Crippen LogP contribution >= 0.6 is 11.8 Å². The lowest BCUT2D eigenvalue weighted by Gasteiger charge is -2.23. The lowest BCUT2D eigenvalue weighted by molar-refractivity contribution is -0.157. The maximum atomic E-state index is 11.5. The van der Waals surface area contributed by atoms with E-state index in [1.54, 1.807) is 0 Å². The lowest BCUT2D eigenvalue weighted by atomic mass is 10.1. The maximum Gasteiger partial charge on any atom is 0.309 e. The highest BCUT2D eigenvalue weighted by Crippen LogP contribution is 2.41. The molecule has 0 radical (unpaired) electrons. The summed E-state index contributed by atoms with van der Waals surface area (Å²) in [6.45, 7) is 4.16. The first-order valence-electron chi connectivity index (χ1n) is 4.91. The summed E-state index contributed by atoms with van der Waals surface area (Å²) in [7, 11) is 0. The molecule has 13 heavy (non-hydrogen) atoms. The fourth-order valence-electron chi connectivity index (χ4n) is 1.70. The molecule has 1 saturated heterocycles. The topological polar surface area (TPSA) is 26.3 Å². The molecule has 1 aliphatic carbocycles. The van der Waals surface area contributed by atoms with E-state index in [4.69, 9.17) is 4.74 Å². The molecule has 0 aromatic rings. The van der Waals surface area contributed by atoms with Crippen LogP contribution in [0.2, 0.25) is 0 Å². The smallest absolute Gasteiger partial charge is 0.309 e. The van der Waals surface area contributed by atoms with E-state index in [1.807, 2.05) is 11.8 Å². The average Bonchev–Trinajstić information content (AvgIpc) is 2.63. The summed E-state index contributed by atoms with van der Waals surface area (Å²) in [6, 6.07) is 0. The molecular formula is C10H16O2S. The van der Waals surface area contributed by atoms with Crippen molar-refractivity contribution >= 4 is 17.7 Å². The van der Waals surface area contributed by atoms with Gasteiger partial charge in [0.2, 0.25) is 0 Å². The van der Waals surface area contributed by atoms with Gasteiger partial charge in [-0.25, -0.2) is 0 Å². The van der Waals surface area contributed by atoms with E-state index in [0.717, 1.165) is 24.3 Å². The third-order valence-corrected chi connectivity index (χ3v) is 4.25. The Kier molecular flexibility index (Phi) is 2.30. The summed E-state index contributed by atoms with van der Waals surface area (Å²) in [6.07, 6.45) is 2.05. The molecule has 1 saturated carbocycles. The summed E-state index contributed by atoms with van der Waals surface area (Å²) >= 11 is 1.88. The third-order valence-electron chi connectivity index (χ3n) is 2.94. The number of thioether (sulfide) groups is 1. The van der Waals surface area contributed by atoms with E-state index in [0.29, 0.717) is 5.92 Å². The highest BCUT2D eigenvalue weighted by atomic mass is 32.2. The molecule has 2 aliphatic rings. The van der Waals surface area contributed by atoms with Crippen LogP contribution in [0.15, 0.2) is 0 Å². The fraction of sp³-hybridized carbons (Fsp3) is 0.900. The van der Waals surface area contributed by atoms with Gasteiger partial charge in [-0.05, 0) is 31.4 Å². The molecule has 1 aliphatic heterocycles. The molecule has 0 aromatic heterocycles. The molecule has 2 fully saturated rings. The van der Waals surface area contributed by atoms with E-state index >= 15 is 0 Å². The van der Waals surface area contributed by atoms with Gasteiger partial charge in [0.1, 0.15) is 5.60 Å². The molecule has 3 atom stereocenters. The monoisotopic (exact) mass is 200 g/mol. The Balaban J connectivity index is 1.86. The number of rotatable bonds is 2. The molecule has 2 rings (SSSR count). The quantitative estimate of drug-likeness (QED) is 0.638. The summed E-state index contributed by atoms with van der Waals surface area (Å²) < 4.78 is 5.53. The third kappa shape index (κ3) is 2.01. The Hall–Kier alpha value is -0.180. The molecule has 2 nitrogen and oxygen atoms in total. The van der Waals surface area contributed by atoms with Gasteiger partial charge in [-0.3, -0.25) is 4.79 Å². The van der Waals surface area contributed by atoms with Gasteiger partial charge in [0.25, 0.3) is 0 Å². The Labute approximate surface area is 83.4 Å². The summed E-state index contributed by atoms with van der Waals surface area (Å²) in [5.41, 5.74) is -0.163. The van der Waals surface area contributed by atoms with Crippen LogP contribution in [0.4, 0.5) is 0 Å². The van der Waals surface area contributed by atoms with Gasteiger partial charge in [0.15, 0.2) is 0 Å². The van der Waals surface area contributed by atoms with Crippen molar-refractivity contribution in [1.29, 1.82) is 0 Å². The summed E-state index contributed by atoms with van der Waals surface area (Å²) in [5.74, 6) is 2.91. The van der Waals surface area contributed by atoms with E-state index in [9.17, 15) is 4.79 Å². The fourth-order valence-corrected chi connectivity index (χ4v) is 3.05. The average molecular weight is 200 g/mol. The van der Waals surface area contributed by atoms with Crippen molar-refractivity contribution < 1.29 is 9.53 Å². The molecule has 0 aromatic carbocycles. The van der Waals surface area contributed by atoms with E-state index in [1.165, 1.54) is 0 Å². The standard InChI is InChI=1S/C10H16O2S/c1-7-5-8(7)9(11)12-10(2)3-4-13-6-10/h7-8H,3-6H2,1-2H3. The SMILES string of the molecule is CC1CC1C(=O)OC1(C)CCSC1. The van der Waals surface area contributed by atoms with Crippen molar-refractivity contribution in [2.45, 2.75) is 32.3 Å². The highest BCUT2D eigenvalue weighted by molar-refractivity contribution is 7.99. The molecule has 0 spiro atoms. The van der Waals surface area contributed by atoms with Gasteiger partial charge in [-0.1, -0.05) is 6.92 Å². The van der Waals surface area contributed by atoms with Gasteiger partial charge in [0, 0.05) is 5.75 Å². The zero-order valence-electron chi connectivity index (χ0n) is 8.21. The first-order chi connectivity index (χ1) is 6.11. The number of hydrogen-bond donors (Lipinski definition) is 0. The van der Waals surface area contributed by atoms with E-state index < -0.39 is 0 Å². The van der Waals surface area contributed by atoms with Crippen molar-refractivity contribution in [3.63, 3.8) is 0 Å². The first-order valence-corrected chi connectivity index (χ1v) is 6.07. The first kappa shape index (κ1) is 9.38. The number of carbonyl (C=O) groups excluding carboxylic acids is 1. The summed E-state index contributed by atoms with van der Waals surface area (Å²) in [4.78, 5) is 11.5. The minimum atomic E-state index is -0.163. The van der Waals surface area contributed by atoms with Crippen LogP contribution in [-0.2, 0) is 9.53 Å². The minimum absolute atomic E-state index is 0.0394. The molecule has 3 unspecified atom stereocenters. The van der Waals surface area contributed by atoms with Crippen LogP contribution in [0.3, 0.4) is 0 Å². The Morgan fingerprint density at radius 3 is 2.77 bits per heavy atom. The molecule has 0 N–H and O–H groups in total. The van der Waals surface area contributed by atoms with Gasteiger partial charge < -0.3 is 4.74 Å². The number of carbonyl (C=O) groups is 1. The number of esters is 1. The van der Waals surface area contributed by atoms with Gasteiger partial charge in [-0.2, -0.15) is 11.8 Å². The van der Waals surface area contributed by atoms with Gasteiger partial charge >= 0.3 is 5.97 Å². The van der Waals surface area contributed by atoms with Crippen LogP contribution < -0.4 is 0 Å². The van der Waals surface area contributed by atoms with Gasteiger partial charge in [-0.15, -0.1) is 0 Å². The van der Waals surface area contributed by atoms with Gasteiger partial charge in [0.05, 0.1) is 5.92 Å². The second-order valence-corrected chi connectivity index (χ2v) is 5.60. The van der Waals surface area contributed by atoms with Crippen LogP contribution in [0, 0.1) is 11.8 Å². The normalized spacial score (nSPS) is 43.2. The Bertz CT molecular complexity index is 221. The van der Waals surface area contributed by atoms with Crippen LogP contribution in [0.5, 0.6) is 0 Å². The van der Waals surface area contributed by atoms with Crippen LogP contribution in [0.1, 0.15) is 26.7 Å². The number of hydrogen-bond acceptors (Lipinski definition) is 3. The van der Waals surface area contributed by atoms with Crippen molar-refractivity contribution in [2.75, 3.05) is 11.5 Å². The van der Waals surface area contributed by atoms with Crippen molar-refractivity contribution in [3.05, 3.63) is 0 Å². The maximum absolute atomic E-state index is 11.5. The summed E-state index contributed by atoms with van der Waals surface area (Å²) in [5, 5.41) is 0. The second kappa shape index (κ2) is 3.19. The van der Waals surface area contributed by atoms with Crippen molar-refractivity contribution in [3.8, 4) is 0 Å². The zero-order valence-corrected chi connectivity index (χ0v) is 9.02. The van der Waals surface area contributed by atoms with Crippen molar-refractivity contribution in [1.82, 2.24) is 0 Å². The predicted molar refractivity (Wildman–Crippen MR) is 53.7 cm³/mol. The molecule has 0 bridgehead atoms. The van der Waals surface area contributed by atoms with Crippen LogP contribution in [-0.4, -0.2) is 23.1 Å². The largest absolute Gasteiger partial charge is 0.458 e. The van der Waals surface area contributed by atoms with Crippen molar-refractivity contribution in [2.24, 2.45) is 11.8 Å². The minimum Gasteiger partial charge on any atom is -0.458 e. The Morgan fingerprint density at radius 2 is 2.31 bits per heavy atom. The van der Waals surface area contributed by atoms with Crippen LogP contribution in [0.25, 0.3) is 0 Å². The molecule has 1 heterocycles. The lowest BCUT2D eigenvalue weighted by Crippen LogP contribution is -2.32. The molecular weight excluding hydrogens is 184 g/mol. The predicted octanol–water partition coefficient (Wildman–Crippen LogP) is 2.08. The zero-order chi connectivity index (χ0) is 9.47. The molecule has 3 heteroatoms.